The predicted molar refractivity (Wildman–Crippen MR) is 110 cm³/mol. The minimum atomic E-state index is -0.494. The van der Waals surface area contributed by atoms with Crippen LogP contribution in [-0.2, 0) is 0 Å². The van der Waals surface area contributed by atoms with E-state index < -0.39 is 5.82 Å². The molecule has 4 rings (SSSR count). The zero-order chi connectivity index (χ0) is 19.7. The standard InChI is InChI=1S/C21H17ClFN3O2/c1-2-27-17-11-14-19(25-13-8-9-16(23)15(22)10-13)21(24)28-20(14)18(26-17)12-6-4-3-5-7-12/h3-11,25H,2,24H2,1H3. The van der Waals surface area contributed by atoms with E-state index >= 15 is 0 Å². The fraction of sp³-hybridized carbons (Fsp3) is 0.0952. The molecule has 2 aromatic carbocycles. The molecule has 0 amide bonds. The number of benzene rings is 2. The summed E-state index contributed by atoms with van der Waals surface area (Å²) in [4.78, 5) is 4.58. The van der Waals surface area contributed by atoms with Gasteiger partial charge in [0.2, 0.25) is 11.8 Å². The van der Waals surface area contributed by atoms with Crippen LogP contribution in [0, 0.1) is 5.82 Å². The molecule has 2 aromatic heterocycles. The Morgan fingerprint density at radius 3 is 2.68 bits per heavy atom. The summed E-state index contributed by atoms with van der Waals surface area (Å²) in [6.07, 6.45) is 0. The molecule has 0 aliphatic heterocycles. The Bertz CT molecular complexity index is 1150. The average Bonchev–Trinajstić information content (AvgIpc) is 3.00. The van der Waals surface area contributed by atoms with Gasteiger partial charge in [-0.25, -0.2) is 9.37 Å². The molecular weight excluding hydrogens is 381 g/mol. The molecule has 2 heterocycles. The molecule has 142 valence electrons. The van der Waals surface area contributed by atoms with Crippen LogP contribution in [0.25, 0.3) is 22.2 Å². The van der Waals surface area contributed by atoms with Crippen molar-refractivity contribution in [3.8, 4) is 17.1 Å². The van der Waals surface area contributed by atoms with Crippen LogP contribution >= 0.6 is 11.6 Å². The largest absolute Gasteiger partial charge is 0.478 e. The lowest BCUT2D eigenvalue weighted by Gasteiger charge is -2.09. The molecule has 0 atom stereocenters. The molecular formula is C21H17ClFN3O2. The summed E-state index contributed by atoms with van der Waals surface area (Å²) in [6, 6.07) is 15.7. The van der Waals surface area contributed by atoms with Crippen molar-refractivity contribution in [1.82, 2.24) is 4.98 Å². The Balaban J connectivity index is 1.88. The van der Waals surface area contributed by atoms with Gasteiger partial charge in [-0.3, -0.25) is 0 Å². The molecule has 0 unspecified atom stereocenters. The van der Waals surface area contributed by atoms with E-state index in [1.807, 2.05) is 37.3 Å². The highest BCUT2D eigenvalue weighted by Crippen LogP contribution is 2.41. The Kier molecular flexibility index (Phi) is 4.79. The molecule has 3 N–H and O–H groups in total. The number of hydrogen-bond donors (Lipinski definition) is 2. The molecule has 0 aliphatic carbocycles. The lowest BCUT2D eigenvalue weighted by atomic mass is 10.1. The lowest BCUT2D eigenvalue weighted by molar-refractivity contribution is 0.328. The van der Waals surface area contributed by atoms with Gasteiger partial charge in [-0.1, -0.05) is 41.9 Å². The smallest absolute Gasteiger partial charge is 0.215 e. The van der Waals surface area contributed by atoms with Crippen LogP contribution in [0.4, 0.5) is 21.6 Å². The fourth-order valence-electron chi connectivity index (χ4n) is 2.95. The summed E-state index contributed by atoms with van der Waals surface area (Å²) in [6.45, 7) is 2.36. The topological polar surface area (TPSA) is 73.3 Å². The maximum atomic E-state index is 13.5. The second-order valence-electron chi connectivity index (χ2n) is 6.08. The number of anilines is 3. The van der Waals surface area contributed by atoms with Crippen LogP contribution in [0.15, 0.2) is 59.0 Å². The lowest BCUT2D eigenvalue weighted by Crippen LogP contribution is -1.97. The molecule has 7 heteroatoms. The Morgan fingerprint density at radius 1 is 1.18 bits per heavy atom. The molecule has 4 aromatic rings. The first kappa shape index (κ1) is 18.1. The predicted octanol–water partition coefficient (Wildman–Crippen LogP) is 6.01. The number of hydrogen-bond acceptors (Lipinski definition) is 5. The number of furan rings is 1. The number of aromatic nitrogens is 1. The first-order valence-electron chi connectivity index (χ1n) is 8.70. The third-order valence-corrected chi connectivity index (χ3v) is 4.50. The van der Waals surface area contributed by atoms with Crippen molar-refractivity contribution >= 4 is 39.8 Å². The Labute approximate surface area is 165 Å². The SMILES string of the molecule is CCOc1cc2c(Nc3ccc(F)c(Cl)c3)c(N)oc2c(-c2ccccc2)n1. The van der Waals surface area contributed by atoms with Crippen LogP contribution in [0.3, 0.4) is 0 Å². The van der Waals surface area contributed by atoms with Gasteiger partial charge in [0.05, 0.1) is 17.0 Å². The molecule has 0 fully saturated rings. The van der Waals surface area contributed by atoms with E-state index in [4.69, 9.17) is 26.5 Å². The third-order valence-electron chi connectivity index (χ3n) is 4.21. The van der Waals surface area contributed by atoms with Crippen molar-refractivity contribution < 1.29 is 13.5 Å². The summed E-state index contributed by atoms with van der Waals surface area (Å²) < 4.78 is 24.9. The zero-order valence-electron chi connectivity index (χ0n) is 15.0. The van der Waals surface area contributed by atoms with E-state index in [2.05, 4.69) is 10.3 Å². The highest BCUT2D eigenvalue weighted by atomic mass is 35.5. The summed E-state index contributed by atoms with van der Waals surface area (Å²) in [5, 5.41) is 3.87. The van der Waals surface area contributed by atoms with Crippen molar-refractivity contribution in [3.63, 3.8) is 0 Å². The van der Waals surface area contributed by atoms with E-state index in [1.165, 1.54) is 12.1 Å². The van der Waals surface area contributed by atoms with Crippen LogP contribution in [0.2, 0.25) is 5.02 Å². The number of nitrogens with two attached hydrogens (primary N) is 1. The minimum absolute atomic E-state index is 0.0121. The van der Waals surface area contributed by atoms with E-state index in [-0.39, 0.29) is 10.9 Å². The number of nitrogens with zero attached hydrogens (tertiary/aromatic N) is 1. The maximum Gasteiger partial charge on any atom is 0.215 e. The minimum Gasteiger partial charge on any atom is -0.478 e. The highest BCUT2D eigenvalue weighted by molar-refractivity contribution is 6.31. The van der Waals surface area contributed by atoms with Gasteiger partial charge in [0.15, 0.2) is 5.58 Å². The van der Waals surface area contributed by atoms with Crippen LogP contribution < -0.4 is 15.8 Å². The van der Waals surface area contributed by atoms with E-state index in [0.717, 1.165) is 5.56 Å². The zero-order valence-corrected chi connectivity index (χ0v) is 15.8. The second kappa shape index (κ2) is 7.40. The molecule has 5 nitrogen and oxygen atoms in total. The van der Waals surface area contributed by atoms with Crippen molar-refractivity contribution in [2.75, 3.05) is 17.7 Å². The van der Waals surface area contributed by atoms with Crippen molar-refractivity contribution in [2.45, 2.75) is 6.92 Å². The number of ether oxygens (including phenoxy) is 1. The summed E-state index contributed by atoms with van der Waals surface area (Å²) in [7, 11) is 0. The molecule has 0 aliphatic rings. The van der Waals surface area contributed by atoms with Crippen LogP contribution in [0.5, 0.6) is 5.88 Å². The number of nitrogens with one attached hydrogen (secondary N) is 1. The molecule has 0 saturated heterocycles. The van der Waals surface area contributed by atoms with Gasteiger partial charge in [0.25, 0.3) is 0 Å². The molecule has 0 saturated carbocycles. The Hall–Kier alpha value is -3.25. The van der Waals surface area contributed by atoms with E-state index in [9.17, 15) is 4.39 Å². The Morgan fingerprint density at radius 2 is 1.96 bits per heavy atom. The van der Waals surface area contributed by atoms with Crippen molar-refractivity contribution in [2.24, 2.45) is 0 Å². The van der Waals surface area contributed by atoms with Gasteiger partial charge in [-0.15, -0.1) is 0 Å². The molecule has 0 bridgehead atoms. The van der Waals surface area contributed by atoms with Crippen LogP contribution in [-0.4, -0.2) is 11.6 Å². The van der Waals surface area contributed by atoms with Gasteiger partial charge in [0, 0.05) is 17.3 Å². The van der Waals surface area contributed by atoms with E-state index in [0.29, 0.717) is 40.5 Å². The highest BCUT2D eigenvalue weighted by Gasteiger charge is 2.19. The molecule has 28 heavy (non-hydrogen) atoms. The average molecular weight is 398 g/mol. The molecule has 0 radical (unpaired) electrons. The summed E-state index contributed by atoms with van der Waals surface area (Å²) >= 11 is 5.88. The fourth-order valence-corrected chi connectivity index (χ4v) is 3.13. The number of pyridine rings is 1. The van der Waals surface area contributed by atoms with E-state index in [1.54, 1.807) is 12.1 Å². The number of nitrogen functional groups attached to an aromatic ring is 1. The number of fused-ring (bicyclic) bond motifs is 1. The van der Waals surface area contributed by atoms with Gasteiger partial charge >= 0.3 is 0 Å². The van der Waals surface area contributed by atoms with Crippen molar-refractivity contribution in [1.29, 1.82) is 0 Å². The maximum absolute atomic E-state index is 13.5. The molecule has 0 spiro atoms. The first-order valence-corrected chi connectivity index (χ1v) is 9.08. The second-order valence-corrected chi connectivity index (χ2v) is 6.49. The first-order chi connectivity index (χ1) is 13.6. The summed E-state index contributed by atoms with van der Waals surface area (Å²) in [5.41, 5.74) is 9.28. The quantitative estimate of drug-likeness (QED) is 0.431. The van der Waals surface area contributed by atoms with Gasteiger partial charge in [-0.2, -0.15) is 0 Å². The van der Waals surface area contributed by atoms with Crippen LogP contribution in [0.1, 0.15) is 6.92 Å². The monoisotopic (exact) mass is 397 g/mol. The number of rotatable bonds is 5. The summed E-state index contributed by atoms with van der Waals surface area (Å²) in [5.74, 6) is 0.143. The van der Waals surface area contributed by atoms with Gasteiger partial charge in [0.1, 0.15) is 17.2 Å². The van der Waals surface area contributed by atoms with Crippen molar-refractivity contribution in [3.05, 3.63) is 65.4 Å². The van der Waals surface area contributed by atoms with Gasteiger partial charge in [-0.05, 0) is 25.1 Å². The third kappa shape index (κ3) is 3.34. The number of halogens is 2. The normalized spacial score (nSPS) is 11.0. The van der Waals surface area contributed by atoms with Gasteiger partial charge < -0.3 is 20.2 Å².